The summed E-state index contributed by atoms with van der Waals surface area (Å²) in [5, 5.41) is 11.5. The van der Waals surface area contributed by atoms with Gasteiger partial charge in [-0.25, -0.2) is 0 Å². The number of Topliss-reactive ketones (excluding diaryl/α,β-unsaturated/α-hetero) is 1. The number of amides is 1. The Labute approximate surface area is 224 Å². The minimum absolute atomic E-state index is 0.0501. The number of likely N-dealkylation sites (tertiary alicyclic amines) is 1. The summed E-state index contributed by atoms with van der Waals surface area (Å²) in [6, 6.07) is 10.1. The van der Waals surface area contributed by atoms with E-state index < -0.39 is 17.7 Å². The molecule has 0 unspecified atom stereocenters. The number of rotatable bonds is 11. The fourth-order valence-corrected chi connectivity index (χ4v) is 4.90. The second-order valence-corrected chi connectivity index (χ2v) is 10.1. The first-order chi connectivity index (χ1) is 18.2. The van der Waals surface area contributed by atoms with E-state index in [-0.39, 0.29) is 17.4 Å². The molecule has 2 atom stereocenters. The third-order valence-electron chi connectivity index (χ3n) is 6.84. The largest absolute Gasteiger partial charge is 0.507 e. The van der Waals surface area contributed by atoms with Crippen LogP contribution in [-0.4, -0.2) is 73.1 Å². The van der Waals surface area contributed by atoms with Gasteiger partial charge in [-0.1, -0.05) is 19.4 Å². The molecule has 8 heteroatoms. The molecule has 2 aromatic rings. The van der Waals surface area contributed by atoms with Crippen LogP contribution in [0.1, 0.15) is 56.3 Å². The minimum atomic E-state index is -0.762. The molecule has 2 aliphatic rings. The smallest absolute Gasteiger partial charge is 0.295 e. The third kappa shape index (κ3) is 5.65. The van der Waals surface area contributed by atoms with Gasteiger partial charge < -0.3 is 29.1 Å². The Kier molecular flexibility index (Phi) is 8.62. The van der Waals surface area contributed by atoms with E-state index in [1.165, 1.54) is 4.90 Å². The van der Waals surface area contributed by atoms with Crippen LogP contribution in [0.15, 0.2) is 42.0 Å². The van der Waals surface area contributed by atoms with Gasteiger partial charge in [-0.05, 0) is 75.8 Å². The van der Waals surface area contributed by atoms with Gasteiger partial charge in [-0.2, -0.15) is 0 Å². The number of ether oxygens (including phenoxy) is 3. The van der Waals surface area contributed by atoms with Crippen LogP contribution >= 0.6 is 0 Å². The zero-order chi connectivity index (χ0) is 27.4. The first-order valence-corrected chi connectivity index (χ1v) is 13.4. The summed E-state index contributed by atoms with van der Waals surface area (Å²) in [6.45, 7) is 7.87. The lowest BCUT2D eigenvalue weighted by Gasteiger charge is -2.27. The number of hydrogen-bond acceptors (Lipinski definition) is 7. The molecule has 1 saturated heterocycles. The maximum Gasteiger partial charge on any atom is 0.295 e. The molecular formula is C30H38N2O6. The lowest BCUT2D eigenvalue weighted by Crippen LogP contribution is -2.35. The molecule has 4 rings (SSSR count). The van der Waals surface area contributed by atoms with Crippen LogP contribution < -0.4 is 14.2 Å². The van der Waals surface area contributed by atoms with Gasteiger partial charge in [0.05, 0.1) is 24.8 Å². The normalized spacial score (nSPS) is 20.1. The monoisotopic (exact) mass is 522 g/mol. The fraction of sp³-hybridized carbons (Fsp3) is 0.467. The van der Waals surface area contributed by atoms with Crippen LogP contribution in [0, 0.1) is 0 Å². The van der Waals surface area contributed by atoms with E-state index in [0.29, 0.717) is 55.4 Å². The number of aliphatic hydroxyl groups is 1. The van der Waals surface area contributed by atoms with Crippen LogP contribution in [-0.2, 0) is 16.0 Å². The SMILES string of the molecule is CCCCOc1ccc([C@H]2/C(=C(\O)c3ccc4c(c3)C[C@H](C)O4)C(=O)C(=O)N2CCN(C)C)cc1OCC. The molecule has 2 heterocycles. The number of hydrogen-bond donors (Lipinski definition) is 1. The molecule has 0 radical (unpaired) electrons. The molecule has 0 aromatic heterocycles. The minimum Gasteiger partial charge on any atom is -0.507 e. The van der Waals surface area contributed by atoms with Crippen molar-refractivity contribution in [2.75, 3.05) is 40.4 Å². The molecule has 1 amide bonds. The Morgan fingerprint density at radius 3 is 2.61 bits per heavy atom. The number of likely N-dealkylation sites (N-methyl/N-ethyl adjacent to an activating group) is 1. The molecule has 8 nitrogen and oxygen atoms in total. The molecule has 38 heavy (non-hydrogen) atoms. The lowest BCUT2D eigenvalue weighted by atomic mass is 9.94. The number of fused-ring (bicyclic) bond motifs is 1. The average Bonchev–Trinajstić information content (AvgIpc) is 3.38. The van der Waals surface area contributed by atoms with Gasteiger partial charge in [0, 0.05) is 25.1 Å². The van der Waals surface area contributed by atoms with Gasteiger partial charge in [-0.3, -0.25) is 9.59 Å². The van der Waals surface area contributed by atoms with Gasteiger partial charge >= 0.3 is 0 Å². The Balaban J connectivity index is 1.80. The Bertz CT molecular complexity index is 1220. The molecule has 0 bridgehead atoms. The number of benzene rings is 2. The molecule has 0 saturated carbocycles. The maximum absolute atomic E-state index is 13.4. The van der Waals surface area contributed by atoms with Crippen molar-refractivity contribution in [3.63, 3.8) is 0 Å². The van der Waals surface area contributed by atoms with Crippen molar-refractivity contribution in [3.05, 3.63) is 58.7 Å². The van der Waals surface area contributed by atoms with Crippen LogP contribution in [0.4, 0.5) is 0 Å². The number of carbonyl (C=O) groups excluding carboxylic acids is 2. The molecule has 2 aliphatic heterocycles. The number of ketones is 1. The van der Waals surface area contributed by atoms with Crippen molar-refractivity contribution in [1.29, 1.82) is 0 Å². The van der Waals surface area contributed by atoms with Gasteiger partial charge in [0.25, 0.3) is 11.7 Å². The highest BCUT2D eigenvalue weighted by molar-refractivity contribution is 6.46. The first kappa shape index (κ1) is 27.5. The summed E-state index contributed by atoms with van der Waals surface area (Å²) in [5.74, 6) is 0.418. The van der Waals surface area contributed by atoms with E-state index in [0.717, 1.165) is 24.2 Å². The van der Waals surface area contributed by atoms with E-state index in [9.17, 15) is 14.7 Å². The van der Waals surface area contributed by atoms with E-state index in [1.54, 1.807) is 12.1 Å². The maximum atomic E-state index is 13.4. The zero-order valence-corrected chi connectivity index (χ0v) is 23.0. The summed E-state index contributed by atoms with van der Waals surface area (Å²) >= 11 is 0. The van der Waals surface area contributed by atoms with Crippen molar-refractivity contribution < 1.29 is 28.9 Å². The van der Waals surface area contributed by atoms with E-state index in [1.807, 2.05) is 57.1 Å². The van der Waals surface area contributed by atoms with Crippen LogP contribution in [0.25, 0.3) is 5.76 Å². The first-order valence-electron chi connectivity index (χ1n) is 13.4. The van der Waals surface area contributed by atoms with Crippen molar-refractivity contribution in [3.8, 4) is 17.2 Å². The van der Waals surface area contributed by atoms with Crippen LogP contribution in [0.3, 0.4) is 0 Å². The zero-order valence-electron chi connectivity index (χ0n) is 23.0. The van der Waals surface area contributed by atoms with Crippen LogP contribution in [0.5, 0.6) is 17.2 Å². The third-order valence-corrected chi connectivity index (χ3v) is 6.84. The fourth-order valence-electron chi connectivity index (χ4n) is 4.90. The highest BCUT2D eigenvalue weighted by Gasteiger charge is 2.46. The second-order valence-electron chi connectivity index (χ2n) is 10.1. The van der Waals surface area contributed by atoms with E-state index in [4.69, 9.17) is 14.2 Å². The average molecular weight is 523 g/mol. The highest BCUT2D eigenvalue weighted by Crippen LogP contribution is 2.42. The summed E-state index contributed by atoms with van der Waals surface area (Å²) in [5.41, 5.74) is 2.20. The van der Waals surface area contributed by atoms with Crippen molar-refractivity contribution in [2.45, 2.75) is 52.2 Å². The number of nitrogens with zero attached hydrogens (tertiary/aromatic N) is 2. The van der Waals surface area contributed by atoms with Gasteiger partial charge in [-0.15, -0.1) is 0 Å². The molecule has 0 aliphatic carbocycles. The topological polar surface area (TPSA) is 88.5 Å². The molecule has 1 N–H and O–H groups in total. The number of carbonyl (C=O) groups is 2. The summed E-state index contributed by atoms with van der Waals surface area (Å²) < 4.78 is 17.6. The number of unbranched alkanes of at least 4 members (excludes halogenated alkanes) is 1. The lowest BCUT2D eigenvalue weighted by molar-refractivity contribution is -0.140. The summed E-state index contributed by atoms with van der Waals surface area (Å²) in [6.07, 6.45) is 2.70. The molecule has 0 spiro atoms. The van der Waals surface area contributed by atoms with Gasteiger partial charge in [0.15, 0.2) is 11.5 Å². The quantitative estimate of drug-likeness (QED) is 0.200. The van der Waals surface area contributed by atoms with E-state index in [2.05, 4.69) is 6.92 Å². The van der Waals surface area contributed by atoms with Gasteiger partial charge in [0.2, 0.25) is 0 Å². The van der Waals surface area contributed by atoms with Crippen LogP contribution in [0.2, 0.25) is 0 Å². The molecule has 204 valence electrons. The summed E-state index contributed by atoms with van der Waals surface area (Å²) in [7, 11) is 3.82. The standard InChI is InChI=1S/C30H38N2O6/c1-6-8-15-37-24-12-9-20(18-25(24)36-7-2)27-26(29(34)30(35)32(27)14-13-31(4)5)28(33)21-10-11-23-22(17-21)16-19(3)38-23/h9-12,17-19,27,33H,6-8,13-16H2,1-5H3/b28-26+/t19-,27-/m0/s1. The molecule has 2 aromatic carbocycles. The number of aliphatic hydroxyl groups excluding tert-OH is 1. The predicted molar refractivity (Wildman–Crippen MR) is 146 cm³/mol. The second kappa shape index (κ2) is 11.9. The summed E-state index contributed by atoms with van der Waals surface area (Å²) in [4.78, 5) is 30.1. The van der Waals surface area contributed by atoms with Gasteiger partial charge in [0.1, 0.15) is 17.6 Å². The molecule has 1 fully saturated rings. The van der Waals surface area contributed by atoms with E-state index >= 15 is 0 Å². The Morgan fingerprint density at radius 2 is 1.89 bits per heavy atom. The molecular weight excluding hydrogens is 484 g/mol. The Morgan fingerprint density at radius 1 is 1.11 bits per heavy atom. The van der Waals surface area contributed by atoms with Crippen molar-refractivity contribution in [2.24, 2.45) is 0 Å². The Hall–Kier alpha value is -3.52. The predicted octanol–water partition coefficient (Wildman–Crippen LogP) is 4.57. The van der Waals surface area contributed by atoms with Crippen molar-refractivity contribution in [1.82, 2.24) is 9.80 Å². The van der Waals surface area contributed by atoms with Crippen molar-refractivity contribution >= 4 is 17.4 Å². The highest BCUT2D eigenvalue weighted by atomic mass is 16.5.